The van der Waals surface area contributed by atoms with Crippen LogP contribution in [0.1, 0.15) is 78.6 Å². The number of ether oxygens (including phenoxy) is 2. The topological polar surface area (TPSA) is 35.5 Å². The van der Waals surface area contributed by atoms with E-state index in [1.807, 2.05) is 0 Å². The lowest BCUT2D eigenvalue weighted by Crippen LogP contribution is -2.09. The molecule has 0 rings (SSSR count). The second-order valence-corrected chi connectivity index (χ2v) is 5.18. The Morgan fingerprint density at radius 3 is 2.11 bits per heavy atom. The zero-order chi connectivity index (χ0) is 14.3. The van der Waals surface area contributed by atoms with Crippen molar-refractivity contribution in [1.29, 1.82) is 0 Å². The third-order valence-corrected chi connectivity index (χ3v) is 3.42. The van der Waals surface area contributed by atoms with Crippen LogP contribution in [-0.2, 0) is 9.47 Å². The maximum atomic E-state index is 11.0. The Morgan fingerprint density at radius 2 is 1.47 bits per heavy atom. The van der Waals surface area contributed by atoms with Gasteiger partial charge in [-0.25, -0.2) is 4.79 Å². The molecule has 0 aromatic heterocycles. The third kappa shape index (κ3) is 12.1. The number of hydrogen-bond donors (Lipinski definition) is 0. The molecule has 0 heterocycles. The zero-order valence-electron chi connectivity index (χ0n) is 13.1. The first kappa shape index (κ1) is 18.3. The molecule has 0 radical (unpaired) electrons. The molecule has 0 fully saturated rings. The summed E-state index contributed by atoms with van der Waals surface area (Å²) in [7, 11) is 0. The molecule has 3 nitrogen and oxygen atoms in total. The van der Waals surface area contributed by atoms with Crippen LogP contribution in [0.3, 0.4) is 0 Å². The summed E-state index contributed by atoms with van der Waals surface area (Å²) in [6.45, 7) is 7.15. The van der Waals surface area contributed by atoms with Crippen LogP contribution in [0.25, 0.3) is 0 Å². The molecule has 0 bridgehead atoms. The predicted octanol–water partition coefficient (Wildman–Crippen LogP) is 5.33. The van der Waals surface area contributed by atoms with Gasteiger partial charge in [0, 0.05) is 0 Å². The van der Waals surface area contributed by atoms with E-state index in [-0.39, 0.29) is 0 Å². The van der Waals surface area contributed by atoms with E-state index in [4.69, 9.17) is 9.47 Å². The molecule has 0 N–H and O–H groups in total. The van der Waals surface area contributed by atoms with Gasteiger partial charge in [0.15, 0.2) is 0 Å². The summed E-state index contributed by atoms with van der Waals surface area (Å²) in [6, 6.07) is 0. The summed E-state index contributed by atoms with van der Waals surface area (Å²) in [5.41, 5.74) is 0. The third-order valence-electron chi connectivity index (χ3n) is 3.42. The van der Waals surface area contributed by atoms with Gasteiger partial charge in [-0.1, -0.05) is 58.8 Å². The fourth-order valence-electron chi connectivity index (χ4n) is 2.30. The van der Waals surface area contributed by atoms with Crippen LogP contribution >= 0.6 is 0 Å². The van der Waals surface area contributed by atoms with Crippen LogP contribution in [-0.4, -0.2) is 19.4 Å². The van der Waals surface area contributed by atoms with Crippen molar-refractivity contribution in [2.24, 2.45) is 5.92 Å². The van der Waals surface area contributed by atoms with E-state index >= 15 is 0 Å². The molecular formula is C16H32O3. The lowest BCUT2D eigenvalue weighted by Gasteiger charge is -2.16. The second kappa shape index (κ2) is 13.7. The maximum Gasteiger partial charge on any atom is 0.508 e. The Labute approximate surface area is 119 Å². The average molecular weight is 272 g/mol. The van der Waals surface area contributed by atoms with Crippen molar-refractivity contribution in [3.05, 3.63) is 0 Å². The Bertz CT molecular complexity index is 204. The second-order valence-electron chi connectivity index (χ2n) is 5.18. The molecule has 3 heteroatoms. The lowest BCUT2D eigenvalue weighted by atomic mass is 9.91. The first-order valence-corrected chi connectivity index (χ1v) is 8.04. The summed E-state index contributed by atoms with van der Waals surface area (Å²) in [5, 5.41) is 0. The minimum absolute atomic E-state index is 0.384. The van der Waals surface area contributed by atoms with E-state index < -0.39 is 6.16 Å². The SMILES string of the molecule is CCCCCC(CCCC)CCCOC(=O)OCC. The summed E-state index contributed by atoms with van der Waals surface area (Å²) < 4.78 is 9.73. The minimum Gasteiger partial charge on any atom is -0.435 e. The predicted molar refractivity (Wildman–Crippen MR) is 79.4 cm³/mol. The molecule has 0 amide bonds. The first-order valence-electron chi connectivity index (χ1n) is 8.04. The first-order chi connectivity index (χ1) is 9.24. The maximum absolute atomic E-state index is 11.0. The molecular weight excluding hydrogens is 240 g/mol. The van der Waals surface area contributed by atoms with E-state index in [1.54, 1.807) is 6.92 Å². The molecule has 0 aromatic carbocycles. The van der Waals surface area contributed by atoms with E-state index in [0.29, 0.717) is 13.2 Å². The van der Waals surface area contributed by atoms with E-state index in [2.05, 4.69) is 13.8 Å². The van der Waals surface area contributed by atoms with Gasteiger partial charge in [0.25, 0.3) is 0 Å². The van der Waals surface area contributed by atoms with Gasteiger partial charge in [0.05, 0.1) is 13.2 Å². The van der Waals surface area contributed by atoms with Crippen LogP contribution in [0.5, 0.6) is 0 Å². The highest BCUT2D eigenvalue weighted by molar-refractivity contribution is 5.59. The van der Waals surface area contributed by atoms with Gasteiger partial charge in [-0.3, -0.25) is 0 Å². The number of hydrogen-bond acceptors (Lipinski definition) is 3. The van der Waals surface area contributed by atoms with Crippen molar-refractivity contribution in [3.8, 4) is 0 Å². The Balaban J connectivity index is 3.68. The monoisotopic (exact) mass is 272 g/mol. The number of carbonyl (C=O) groups is 1. The van der Waals surface area contributed by atoms with Gasteiger partial charge in [-0.15, -0.1) is 0 Å². The molecule has 1 atom stereocenters. The number of rotatable bonds is 12. The summed E-state index contributed by atoms with van der Waals surface area (Å²) in [6.07, 6.45) is 10.8. The largest absolute Gasteiger partial charge is 0.508 e. The van der Waals surface area contributed by atoms with Crippen LogP contribution in [0.15, 0.2) is 0 Å². The summed E-state index contributed by atoms with van der Waals surface area (Å²) in [4.78, 5) is 11.0. The summed E-state index contributed by atoms with van der Waals surface area (Å²) >= 11 is 0. The number of carbonyl (C=O) groups excluding carboxylic acids is 1. The van der Waals surface area contributed by atoms with Crippen LogP contribution in [0.4, 0.5) is 4.79 Å². The quantitative estimate of drug-likeness (QED) is 0.356. The molecule has 0 spiro atoms. The Morgan fingerprint density at radius 1 is 0.842 bits per heavy atom. The highest BCUT2D eigenvalue weighted by atomic mass is 16.7. The highest BCUT2D eigenvalue weighted by Crippen LogP contribution is 2.21. The van der Waals surface area contributed by atoms with Crippen LogP contribution in [0.2, 0.25) is 0 Å². The zero-order valence-corrected chi connectivity index (χ0v) is 13.1. The van der Waals surface area contributed by atoms with Crippen LogP contribution in [0, 0.1) is 5.92 Å². The summed E-state index contributed by atoms with van der Waals surface area (Å²) in [5.74, 6) is 0.803. The molecule has 114 valence electrons. The molecule has 0 aromatic rings. The Hall–Kier alpha value is -0.730. The Kier molecular flexibility index (Phi) is 13.2. The van der Waals surface area contributed by atoms with Gasteiger partial charge in [0.1, 0.15) is 0 Å². The molecule has 0 saturated heterocycles. The van der Waals surface area contributed by atoms with Crippen molar-refractivity contribution in [2.45, 2.75) is 78.6 Å². The average Bonchev–Trinajstić information content (AvgIpc) is 2.40. The van der Waals surface area contributed by atoms with Crippen molar-refractivity contribution >= 4 is 6.16 Å². The van der Waals surface area contributed by atoms with Crippen molar-refractivity contribution in [1.82, 2.24) is 0 Å². The van der Waals surface area contributed by atoms with Crippen molar-refractivity contribution in [3.63, 3.8) is 0 Å². The molecule has 19 heavy (non-hydrogen) atoms. The fourth-order valence-corrected chi connectivity index (χ4v) is 2.30. The standard InChI is InChI=1S/C16H32O3/c1-4-7-9-12-15(11-8-5-2)13-10-14-19-16(17)18-6-3/h15H,4-14H2,1-3H3. The normalized spacial score (nSPS) is 12.2. The lowest BCUT2D eigenvalue weighted by molar-refractivity contribution is 0.0568. The van der Waals surface area contributed by atoms with Crippen LogP contribution < -0.4 is 0 Å². The van der Waals surface area contributed by atoms with Gasteiger partial charge < -0.3 is 9.47 Å². The molecule has 1 unspecified atom stereocenters. The smallest absolute Gasteiger partial charge is 0.435 e. The highest BCUT2D eigenvalue weighted by Gasteiger charge is 2.09. The van der Waals surface area contributed by atoms with E-state index in [1.165, 1.54) is 51.4 Å². The van der Waals surface area contributed by atoms with Gasteiger partial charge in [-0.2, -0.15) is 0 Å². The van der Waals surface area contributed by atoms with Gasteiger partial charge in [0.2, 0.25) is 0 Å². The van der Waals surface area contributed by atoms with Crippen molar-refractivity contribution < 1.29 is 14.3 Å². The fraction of sp³-hybridized carbons (Fsp3) is 0.938. The number of unbranched alkanes of at least 4 members (excludes halogenated alkanes) is 3. The van der Waals surface area contributed by atoms with Gasteiger partial charge >= 0.3 is 6.16 Å². The van der Waals surface area contributed by atoms with Gasteiger partial charge in [-0.05, 0) is 25.7 Å². The van der Waals surface area contributed by atoms with E-state index in [0.717, 1.165) is 12.3 Å². The minimum atomic E-state index is -0.529. The van der Waals surface area contributed by atoms with Crippen molar-refractivity contribution in [2.75, 3.05) is 13.2 Å². The van der Waals surface area contributed by atoms with E-state index in [9.17, 15) is 4.79 Å². The molecule has 0 aliphatic heterocycles. The molecule has 0 aliphatic rings. The molecule has 0 saturated carbocycles. The molecule has 0 aliphatic carbocycles.